The summed E-state index contributed by atoms with van der Waals surface area (Å²) in [6.45, 7) is 0.510. The molecule has 0 bridgehead atoms. The van der Waals surface area contributed by atoms with Gasteiger partial charge in [0.1, 0.15) is 17.4 Å². The molecule has 0 saturated heterocycles. The van der Waals surface area contributed by atoms with E-state index in [4.69, 9.17) is 4.74 Å². The van der Waals surface area contributed by atoms with Crippen molar-refractivity contribution in [3.8, 4) is 16.3 Å². The first-order valence-corrected chi connectivity index (χ1v) is 6.82. The number of benzene rings is 1. The van der Waals surface area contributed by atoms with Gasteiger partial charge in [-0.2, -0.15) is 0 Å². The summed E-state index contributed by atoms with van der Waals surface area (Å²) >= 11 is 1.61. The van der Waals surface area contributed by atoms with Gasteiger partial charge in [0.05, 0.1) is 5.56 Å². The first kappa shape index (κ1) is 11.9. The molecule has 4 heteroatoms. The summed E-state index contributed by atoms with van der Waals surface area (Å²) in [4.78, 5) is 8.41. The highest BCUT2D eigenvalue weighted by atomic mass is 32.1. The van der Waals surface area contributed by atoms with E-state index in [1.54, 1.807) is 23.7 Å². The number of aromatic nitrogens is 2. The van der Waals surface area contributed by atoms with E-state index < -0.39 is 0 Å². The van der Waals surface area contributed by atoms with Crippen LogP contribution in [0.4, 0.5) is 0 Å². The summed E-state index contributed by atoms with van der Waals surface area (Å²) in [6, 6.07) is 11.9. The normalized spacial score (nSPS) is 10.3. The number of pyridine rings is 1. The van der Waals surface area contributed by atoms with E-state index in [0.717, 1.165) is 21.9 Å². The molecule has 19 heavy (non-hydrogen) atoms. The van der Waals surface area contributed by atoms with E-state index >= 15 is 0 Å². The molecular weight excluding hydrogens is 256 g/mol. The first-order chi connectivity index (χ1) is 9.43. The van der Waals surface area contributed by atoms with E-state index in [0.29, 0.717) is 6.61 Å². The molecule has 0 saturated carbocycles. The predicted molar refractivity (Wildman–Crippen MR) is 76.1 cm³/mol. The minimum absolute atomic E-state index is 0.510. The van der Waals surface area contributed by atoms with Gasteiger partial charge in [0.25, 0.3) is 0 Å². The smallest absolute Gasteiger partial charge is 0.130 e. The Kier molecular flexibility index (Phi) is 3.51. The van der Waals surface area contributed by atoms with E-state index in [1.807, 2.05) is 48.0 Å². The Morgan fingerprint density at radius 1 is 1.05 bits per heavy atom. The number of hydrogen-bond acceptors (Lipinski definition) is 4. The van der Waals surface area contributed by atoms with Crippen LogP contribution in [0.1, 0.15) is 5.56 Å². The molecule has 0 spiro atoms. The van der Waals surface area contributed by atoms with Crippen LogP contribution >= 0.6 is 11.3 Å². The summed E-state index contributed by atoms with van der Waals surface area (Å²) in [7, 11) is 0. The Morgan fingerprint density at radius 2 is 2.00 bits per heavy atom. The summed E-state index contributed by atoms with van der Waals surface area (Å²) in [6.07, 6.45) is 5.37. The molecule has 0 fully saturated rings. The molecule has 94 valence electrons. The Hall–Kier alpha value is -2.20. The summed E-state index contributed by atoms with van der Waals surface area (Å²) in [5.74, 6) is 0.848. The molecule has 0 aliphatic heterocycles. The van der Waals surface area contributed by atoms with Crippen LogP contribution < -0.4 is 4.74 Å². The number of rotatable bonds is 4. The standard InChI is InChI=1S/C15H12N2OS/c1-2-6-14(13(5-1)15-17-8-9-19-15)18-11-12-4-3-7-16-10-12/h1-10H,11H2. The van der Waals surface area contributed by atoms with Crippen molar-refractivity contribution in [2.75, 3.05) is 0 Å². The van der Waals surface area contributed by atoms with Crippen molar-refractivity contribution in [1.82, 2.24) is 9.97 Å². The van der Waals surface area contributed by atoms with Crippen molar-refractivity contribution in [2.45, 2.75) is 6.61 Å². The number of thiazole rings is 1. The van der Waals surface area contributed by atoms with Crippen LogP contribution in [0.2, 0.25) is 0 Å². The highest BCUT2D eigenvalue weighted by molar-refractivity contribution is 7.13. The summed E-state index contributed by atoms with van der Waals surface area (Å²) in [5, 5.41) is 2.94. The van der Waals surface area contributed by atoms with Crippen LogP contribution in [0.25, 0.3) is 10.6 Å². The summed E-state index contributed by atoms with van der Waals surface area (Å²) < 4.78 is 5.87. The second-order valence-electron chi connectivity index (χ2n) is 3.98. The van der Waals surface area contributed by atoms with Crippen LogP contribution in [0.15, 0.2) is 60.4 Å². The Bertz CT molecular complexity index is 638. The molecule has 1 aromatic carbocycles. The van der Waals surface area contributed by atoms with Gasteiger partial charge in [-0.3, -0.25) is 4.98 Å². The lowest BCUT2D eigenvalue weighted by Crippen LogP contribution is -1.97. The van der Waals surface area contributed by atoms with Gasteiger partial charge in [0, 0.05) is 29.5 Å². The van der Waals surface area contributed by atoms with Crippen molar-refractivity contribution in [3.63, 3.8) is 0 Å². The fourth-order valence-electron chi connectivity index (χ4n) is 1.77. The van der Waals surface area contributed by atoms with E-state index in [-0.39, 0.29) is 0 Å². The second kappa shape index (κ2) is 5.63. The Morgan fingerprint density at radius 3 is 2.79 bits per heavy atom. The SMILES string of the molecule is c1cncc(COc2ccccc2-c2nccs2)c1. The van der Waals surface area contributed by atoms with Crippen LogP contribution in [0.3, 0.4) is 0 Å². The zero-order valence-electron chi connectivity index (χ0n) is 10.2. The Labute approximate surface area is 115 Å². The van der Waals surface area contributed by atoms with Gasteiger partial charge < -0.3 is 4.74 Å². The molecular formula is C15H12N2OS. The third-order valence-corrected chi connectivity index (χ3v) is 3.47. The molecule has 3 aromatic rings. The van der Waals surface area contributed by atoms with Crippen LogP contribution in [-0.2, 0) is 6.61 Å². The van der Waals surface area contributed by atoms with Gasteiger partial charge in [0.2, 0.25) is 0 Å². The second-order valence-corrected chi connectivity index (χ2v) is 4.88. The lowest BCUT2D eigenvalue weighted by Gasteiger charge is -2.09. The monoisotopic (exact) mass is 268 g/mol. The molecule has 0 amide bonds. The van der Waals surface area contributed by atoms with Crippen LogP contribution in [-0.4, -0.2) is 9.97 Å². The van der Waals surface area contributed by atoms with Crippen LogP contribution in [0, 0.1) is 0 Å². The fourth-order valence-corrected chi connectivity index (χ4v) is 2.44. The predicted octanol–water partition coefficient (Wildman–Crippen LogP) is 3.78. The molecule has 3 nitrogen and oxygen atoms in total. The molecule has 0 aliphatic rings. The minimum atomic E-state index is 0.510. The third kappa shape index (κ3) is 2.80. The van der Waals surface area contributed by atoms with Gasteiger partial charge in [-0.25, -0.2) is 4.98 Å². The average molecular weight is 268 g/mol. The number of ether oxygens (including phenoxy) is 1. The van der Waals surface area contributed by atoms with Crippen LogP contribution in [0.5, 0.6) is 5.75 Å². The van der Waals surface area contributed by atoms with Gasteiger partial charge in [-0.1, -0.05) is 18.2 Å². The molecule has 2 heterocycles. The molecule has 0 atom stereocenters. The van der Waals surface area contributed by atoms with Crippen molar-refractivity contribution in [2.24, 2.45) is 0 Å². The maximum Gasteiger partial charge on any atom is 0.130 e. The largest absolute Gasteiger partial charge is 0.488 e. The quantitative estimate of drug-likeness (QED) is 0.722. The third-order valence-electron chi connectivity index (χ3n) is 2.67. The van der Waals surface area contributed by atoms with Gasteiger partial charge in [0.15, 0.2) is 0 Å². The zero-order valence-corrected chi connectivity index (χ0v) is 11.0. The van der Waals surface area contributed by atoms with Gasteiger partial charge >= 0.3 is 0 Å². The minimum Gasteiger partial charge on any atom is -0.488 e. The zero-order chi connectivity index (χ0) is 12.9. The van der Waals surface area contributed by atoms with Crippen molar-refractivity contribution < 1.29 is 4.74 Å². The fraction of sp³-hybridized carbons (Fsp3) is 0.0667. The van der Waals surface area contributed by atoms with Crippen molar-refractivity contribution in [3.05, 3.63) is 65.9 Å². The van der Waals surface area contributed by atoms with E-state index in [2.05, 4.69) is 9.97 Å². The van der Waals surface area contributed by atoms with Gasteiger partial charge in [-0.05, 0) is 18.2 Å². The molecule has 0 N–H and O–H groups in total. The number of hydrogen-bond donors (Lipinski definition) is 0. The van der Waals surface area contributed by atoms with Crippen molar-refractivity contribution >= 4 is 11.3 Å². The molecule has 0 radical (unpaired) electrons. The lowest BCUT2D eigenvalue weighted by molar-refractivity contribution is 0.307. The average Bonchev–Trinajstić information content (AvgIpc) is 3.01. The molecule has 0 unspecified atom stereocenters. The van der Waals surface area contributed by atoms with E-state index in [1.165, 1.54) is 0 Å². The van der Waals surface area contributed by atoms with E-state index in [9.17, 15) is 0 Å². The highest BCUT2D eigenvalue weighted by Gasteiger charge is 2.07. The Balaban J connectivity index is 1.82. The summed E-state index contributed by atoms with van der Waals surface area (Å²) in [5.41, 5.74) is 2.08. The highest BCUT2D eigenvalue weighted by Crippen LogP contribution is 2.31. The topological polar surface area (TPSA) is 35.0 Å². The number of nitrogens with zero attached hydrogens (tertiary/aromatic N) is 2. The molecule has 2 aromatic heterocycles. The lowest BCUT2D eigenvalue weighted by atomic mass is 10.2. The molecule has 3 rings (SSSR count). The first-order valence-electron chi connectivity index (χ1n) is 5.94. The van der Waals surface area contributed by atoms with Crippen molar-refractivity contribution in [1.29, 1.82) is 0 Å². The maximum atomic E-state index is 5.87. The number of para-hydroxylation sites is 1. The molecule has 0 aliphatic carbocycles. The maximum absolute atomic E-state index is 5.87. The van der Waals surface area contributed by atoms with Gasteiger partial charge in [-0.15, -0.1) is 11.3 Å².